The van der Waals surface area contributed by atoms with E-state index in [0.29, 0.717) is 5.56 Å². The molecule has 0 fully saturated rings. The van der Waals surface area contributed by atoms with Crippen LogP contribution in [0.5, 0.6) is 0 Å². The Labute approximate surface area is 53.8 Å². The molecule has 0 unspecified atom stereocenters. The smallest absolute Gasteiger partial charge is 0.123 e. The first-order valence-electron chi connectivity index (χ1n) is 2.90. The van der Waals surface area contributed by atoms with Crippen molar-refractivity contribution in [2.24, 2.45) is 0 Å². The SMILES string of the molecule is [2H]c1cc(C#N)ccc1F. The van der Waals surface area contributed by atoms with Gasteiger partial charge in [-0.05, 0) is 24.2 Å². The maximum atomic E-state index is 12.3. The maximum absolute atomic E-state index is 12.3. The van der Waals surface area contributed by atoms with Crippen molar-refractivity contribution in [1.29, 1.82) is 5.26 Å². The highest BCUT2D eigenvalue weighted by Crippen LogP contribution is 1.99. The number of hydrogen-bond donors (Lipinski definition) is 0. The second kappa shape index (κ2) is 2.27. The zero-order valence-electron chi connectivity index (χ0n) is 5.56. The van der Waals surface area contributed by atoms with Crippen molar-refractivity contribution < 1.29 is 5.76 Å². The fraction of sp³-hybridized carbons (Fsp3) is 0. The number of rotatable bonds is 0. The molecule has 2 heteroatoms. The van der Waals surface area contributed by atoms with E-state index < -0.39 is 5.82 Å². The van der Waals surface area contributed by atoms with Crippen molar-refractivity contribution >= 4 is 0 Å². The molecule has 0 spiro atoms. The molecule has 9 heavy (non-hydrogen) atoms. The van der Waals surface area contributed by atoms with Crippen LogP contribution in [0, 0.1) is 17.1 Å². The molecule has 0 saturated heterocycles. The highest BCUT2D eigenvalue weighted by atomic mass is 19.1. The van der Waals surface area contributed by atoms with Gasteiger partial charge in [0.15, 0.2) is 0 Å². The highest BCUT2D eigenvalue weighted by Gasteiger charge is 1.87. The molecule has 0 aliphatic carbocycles. The lowest BCUT2D eigenvalue weighted by Gasteiger charge is -1.84. The van der Waals surface area contributed by atoms with Crippen LogP contribution in [-0.4, -0.2) is 0 Å². The molecule has 1 aromatic carbocycles. The maximum Gasteiger partial charge on any atom is 0.123 e. The molecule has 0 bridgehead atoms. The van der Waals surface area contributed by atoms with Gasteiger partial charge in [0, 0.05) is 0 Å². The van der Waals surface area contributed by atoms with Crippen molar-refractivity contribution in [1.82, 2.24) is 0 Å². The van der Waals surface area contributed by atoms with Crippen LogP contribution in [0.15, 0.2) is 24.2 Å². The van der Waals surface area contributed by atoms with Crippen LogP contribution in [0.1, 0.15) is 6.93 Å². The second-order valence-electron chi connectivity index (χ2n) is 1.54. The van der Waals surface area contributed by atoms with Crippen LogP contribution in [0.25, 0.3) is 0 Å². The van der Waals surface area contributed by atoms with Gasteiger partial charge < -0.3 is 0 Å². The van der Waals surface area contributed by atoms with Gasteiger partial charge in [-0.1, -0.05) is 0 Å². The molecule has 1 nitrogen and oxygen atoms in total. The summed E-state index contributed by atoms with van der Waals surface area (Å²) in [6.07, 6.45) is 0. The van der Waals surface area contributed by atoms with Gasteiger partial charge in [0.2, 0.25) is 0 Å². The fourth-order valence-corrected chi connectivity index (χ4v) is 0.475. The normalized spacial score (nSPS) is 10.0. The topological polar surface area (TPSA) is 23.8 Å². The summed E-state index contributed by atoms with van der Waals surface area (Å²) in [7, 11) is 0. The van der Waals surface area contributed by atoms with Gasteiger partial charge in [-0.3, -0.25) is 0 Å². The third kappa shape index (κ3) is 1.26. The average Bonchev–Trinajstić information content (AvgIpc) is 1.95. The van der Waals surface area contributed by atoms with Crippen molar-refractivity contribution in [2.75, 3.05) is 0 Å². The Morgan fingerprint density at radius 3 is 2.89 bits per heavy atom. The largest absolute Gasteiger partial charge is 0.207 e. The first kappa shape index (κ1) is 4.51. The zero-order chi connectivity index (χ0) is 7.56. The fourth-order valence-electron chi connectivity index (χ4n) is 0.475. The second-order valence-corrected chi connectivity index (χ2v) is 1.54. The minimum Gasteiger partial charge on any atom is -0.207 e. The Morgan fingerprint density at radius 1 is 1.56 bits per heavy atom. The molecule has 0 radical (unpaired) electrons. The van der Waals surface area contributed by atoms with E-state index in [2.05, 4.69) is 0 Å². The minimum atomic E-state index is -0.598. The average molecular weight is 122 g/mol. The first-order valence-corrected chi connectivity index (χ1v) is 2.40. The first-order chi connectivity index (χ1) is 4.74. The van der Waals surface area contributed by atoms with Crippen molar-refractivity contribution in [2.45, 2.75) is 0 Å². The minimum absolute atomic E-state index is 0.237. The van der Waals surface area contributed by atoms with E-state index >= 15 is 0 Å². The van der Waals surface area contributed by atoms with E-state index in [-0.39, 0.29) is 6.04 Å². The predicted octanol–water partition coefficient (Wildman–Crippen LogP) is 1.70. The molecule has 1 aromatic rings. The van der Waals surface area contributed by atoms with E-state index in [4.69, 9.17) is 6.63 Å². The summed E-state index contributed by atoms with van der Waals surface area (Å²) in [5, 5.41) is 8.30. The summed E-state index contributed by atoms with van der Waals surface area (Å²) in [6.45, 7) is 0. The highest BCUT2D eigenvalue weighted by molar-refractivity contribution is 5.28. The third-order valence-electron chi connectivity index (χ3n) is 0.904. The molecule has 0 aliphatic rings. The van der Waals surface area contributed by atoms with E-state index in [0.717, 1.165) is 6.07 Å². The molecule has 44 valence electrons. The Bertz CT molecular complexity index is 290. The molecule has 0 heterocycles. The van der Waals surface area contributed by atoms with Crippen LogP contribution in [0.4, 0.5) is 4.39 Å². The van der Waals surface area contributed by atoms with Gasteiger partial charge in [0.05, 0.1) is 13.0 Å². The molecule has 0 saturated carbocycles. The molecule has 0 aliphatic heterocycles. The standard InChI is InChI=1S/C7H4FN/c8-7-3-1-6(5-9)2-4-7/h1-4H/i3D. The lowest BCUT2D eigenvalue weighted by atomic mass is 10.2. The number of benzene rings is 1. The zero-order valence-corrected chi connectivity index (χ0v) is 4.56. The summed E-state index contributed by atoms with van der Waals surface area (Å²) in [6, 6.07) is 5.21. The van der Waals surface area contributed by atoms with Gasteiger partial charge in [-0.15, -0.1) is 0 Å². The van der Waals surface area contributed by atoms with Gasteiger partial charge >= 0.3 is 0 Å². The van der Waals surface area contributed by atoms with E-state index in [1.807, 2.05) is 6.07 Å². The Balaban J connectivity index is 3.20. The number of nitrogens with zero attached hydrogens (tertiary/aromatic N) is 1. The van der Waals surface area contributed by atoms with Gasteiger partial charge in [0.1, 0.15) is 5.82 Å². The molecular formula is C7H4FN. The molecule has 0 aromatic heterocycles. The quantitative estimate of drug-likeness (QED) is 0.513. The van der Waals surface area contributed by atoms with Crippen molar-refractivity contribution in [3.05, 3.63) is 35.6 Å². The Morgan fingerprint density at radius 2 is 2.33 bits per heavy atom. The lowest BCUT2D eigenvalue weighted by molar-refractivity contribution is 0.627. The summed E-state index contributed by atoms with van der Waals surface area (Å²) >= 11 is 0. The van der Waals surface area contributed by atoms with Gasteiger partial charge in [-0.25, -0.2) is 4.39 Å². The van der Waals surface area contributed by atoms with Crippen LogP contribution in [0.2, 0.25) is 0 Å². The summed E-state index contributed by atoms with van der Waals surface area (Å²) in [5.41, 5.74) is 0.311. The predicted molar refractivity (Wildman–Crippen MR) is 31.1 cm³/mol. The Hall–Kier alpha value is -1.36. The third-order valence-corrected chi connectivity index (χ3v) is 0.904. The molecule has 1 rings (SSSR count). The van der Waals surface area contributed by atoms with Crippen LogP contribution < -0.4 is 0 Å². The summed E-state index contributed by atoms with van der Waals surface area (Å²) in [4.78, 5) is 0. The van der Waals surface area contributed by atoms with Crippen LogP contribution in [0.3, 0.4) is 0 Å². The molecular weight excluding hydrogens is 117 g/mol. The van der Waals surface area contributed by atoms with E-state index in [1.54, 1.807) is 0 Å². The lowest BCUT2D eigenvalue weighted by Crippen LogP contribution is -1.73. The number of halogens is 1. The summed E-state index contributed by atoms with van der Waals surface area (Å²) in [5.74, 6) is -0.598. The van der Waals surface area contributed by atoms with Gasteiger partial charge in [-0.2, -0.15) is 5.26 Å². The summed E-state index contributed by atoms with van der Waals surface area (Å²) < 4.78 is 19.3. The van der Waals surface area contributed by atoms with Gasteiger partial charge in [0.25, 0.3) is 0 Å². The van der Waals surface area contributed by atoms with Crippen LogP contribution >= 0.6 is 0 Å². The number of hydrogen-bond acceptors (Lipinski definition) is 1. The Kier molecular flexibility index (Phi) is 1.14. The van der Waals surface area contributed by atoms with Crippen LogP contribution in [-0.2, 0) is 0 Å². The van der Waals surface area contributed by atoms with Crippen molar-refractivity contribution in [3.63, 3.8) is 0 Å². The monoisotopic (exact) mass is 122 g/mol. The van der Waals surface area contributed by atoms with Crippen molar-refractivity contribution in [3.8, 4) is 6.07 Å². The molecule has 0 amide bonds. The van der Waals surface area contributed by atoms with E-state index in [9.17, 15) is 4.39 Å². The number of nitriles is 1. The molecule has 0 N–H and O–H groups in total. The van der Waals surface area contributed by atoms with E-state index in [1.165, 1.54) is 12.1 Å². The molecule has 0 atom stereocenters.